The van der Waals surface area contributed by atoms with Crippen LogP contribution >= 0.6 is 0 Å². The van der Waals surface area contributed by atoms with E-state index in [1.807, 2.05) is 13.8 Å². The summed E-state index contributed by atoms with van der Waals surface area (Å²) in [6, 6.07) is 0.202. The predicted octanol–water partition coefficient (Wildman–Crippen LogP) is 1.40. The van der Waals surface area contributed by atoms with Gasteiger partial charge in [-0.1, -0.05) is 0 Å². The molecule has 0 radical (unpaired) electrons. The van der Waals surface area contributed by atoms with Gasteiger partial charge in [0.1, 0.15) is 6.10 Å². The summed E-state index contributed by atoms with van der Waals surface area (Å²) in [6.07, 6.45) is 0.668. The van der Waals surface area contributed by atoms with E-state index in [0.29, 0.717) is 18.4 Å². The monoisotopic (exact) mass is 213 g/mol. The van der Waals surface area contributed by atoms with E-state index < -0.39 is 17.9 Å². The molecule has 4 nitrogen and oxygen atoms in total. The van der Waals surface area contributed by atoms with Crippen molar-refractivity contribution in [3.05, 3.63) is 11.6 Å². The largest absolute Gasteiger partial charge is 0.466 e. The van der Waals surface area contributed by atoms with Crippen LogP contribution in [0.1, 0.15) is 28.1 Å². The molecule has 1 fully saturated rings. The second kappa shape index (κ2) is 3.61. The van der Waals surface area contributed by atoms with E-state index in [1.165, 1.54) is 7.11 Å². The Bertz CT molecular complexity index is 348. The SMILES string of the molecule is [2H]C1=C(C(=O)OC)CC[C@@H]2OC(C)(C)O[C@H]12. The van der Waals surface area contributed by atoms with Gasteiger partial charge in [0.05, 0.1) is 14.6 Å². The van der Waals surface area contributed by atoms with Crippen LogP contribution in [0.25, 0.3) is 0 Å². The summed E-state index contributed by atoms with van der Waals surface area (Å²) in [5.74, 6) is -1.11. The molecule has 0 aromatic heterocycles. The summed E-state index contributed by atoms with van der Waals surface area (Å²) in [7, 11) is 1.32. The Kier molecular flexibility index (Phi) is 2.25. The van der Waals surface area contributed by atoms with Gasteiger partial charge in [0.25, 0.3) is 0 Å². The van der Waals surface area contributed by atoms with Gasteiger partial charge in [0, 0.05) is 5.57 Å². The first-order chi connectivity index (χ1) is 7.44. The van der Waals surface area contributed by atoms with E-state index in [1.54, 1.807) is 0 Å². The first kappa shape index (κ1) is 9.36. The van der Waals surface area contributed by atoms with Gasteiger partial charge < -0.3 is 14.2 Å². The van der Waals surface area contributed by atoms with Crippen molar-refractivity contribution in [1.82, 2.24) is 0 Å². The smallest absolute Gasteiger partial charge is 0.333 e. The highest BCUT2D eigenvalue weighted by Gasteiger charge is 2.42. The third-order valence-corrected chi connectivity index (χ3v) is 2.61. The molecule has 0 aromatic carbocycles. The van der Waals surface area contributed by atoms with Crippen molar-refractivity contribution < 1.29 is 20.4 Å². The van der Waals surface area contributed by atoms with Gasteiger partial charge in [-0.15, -0.1) is 0 Å². The molecule has 1 saturated heterocycles. The Balaban J connectivity index is 2.25. The summed E-state index contributed by atoms with van der Waals surface area (Å²) in [5.41, 5.74) is 0.407. The molecule has 0 spiro atoms. The first-order valence-electron chi connectivity index (χ1n) is 5.58. The zero-order chi connectivity index (χ0) is 11.9. The fraction of sp³-hybridized carbons (Fsp3) is 0.727. The summed E-state index contributed by atoms with van der Waals surface area (Å²) < 4.78 is 23.9. The van der Waals surface area contributed by atoms with Crippen molar-refractivity contribution in [1.29, 1.82) is 0 Å². The van der Waals surface area contributed by atoms with E-state index in [0.717, 1.165) is 0 Å². The summed E-state index contributed by atoms with van der Waals surface area (Å²) in [4.78, 5) is 11.4. The van der Waals surface area contributed by atoms with Crippen LogP contribution < -0.4 is 0 Å². The fourth-order valence-corrected chi connectivity index (χ4v) is 1.98. The lowest BCUT2D eigenvalue weighted by molar-refractivity contribution is -0.142. The lowest BCUT2D eigenvalue weighted by atomic mass is 9.95. The maximum Gasteiger partial charge on any atom is 0.333 e. The highest BCUT2D eigenvalue weighted by Crippen LogP contribution is 2.35. The average molecular weight is 213 g/mol. The normalized spacial score (nSPS) is 34.7. The van der Waals surface area contributed by atoms with Gasteiger partial charge in [0.2, 0.25) is 0 Å². The molecule has 0 amide bonds. The van der Waals surface area contributed by atoms with E-state index in [9.17, 15) is 4.79 Å². The number of carbonyl (C=O) groups excluding carboxylic acids is 1. The molecule has 0 aromatic rings. The highest BCUT2D eigenvalue weighted by molar-refractivity contribution is 5.88. The Labute approximate surface area is 90.6 Å². The Morgan fingerprint density at radius 2 is 2.40 bits per heavy atom. The van der Waals surface area contributed by atoms with Crippen molar-refractivity contribution in [2.45, 2.75) is 44.7 Å². The zero-order valence-corrected chi connectivity index (χ0v) is 9.20. The predicted molar refractivity (Wildman–Crippen MR) is 53.2 cm³/mol. The third-order valence-electron chi connectivity index (χ3n) is 2.61. The topological polar surface area (TPSA) is 44.8 Å². The lowest BCUT2D eigenvalue weighted by Gasteiger charge is -2.20. The third kappa shape index (κ3) is 2.06. The van der Waals surface area contributed by atoms with Crippen LogP contribution in [0.15, 0.2) is 11.6 Å². The Hall–Kier alpha value is -0.870. The molecule has 0 unspecified atom stereocenters. The number of fused-ring (bicyclic) bond motifs is 1. The van der Waals surface area contributed by atoms with E-state index in [-0.39, 0.29) is 12.2 Å². The van der Waals surface area contributed by atoms with Crippen LogP contribution in [0.3, 0.4) is 0 Å². The Morgan fingerprint density at radius 3 is 3.07 bits per heavy atom. The fourth-order valence-electron chi connectivity index (χ4n) is 1.98. The van der Waals surface area contributed by atoms with Crippen molar-refractivity contribution in [2.24, 2.45) is 0 Å². The van der Waals surface area contributed by atoms with Crippen LogP contribution in [0, 0.1) is 0 Å². The van der Waals surface area contributed by atoms with Crippen LogP contribution in [0.2, 0.25) is 0 Å². The molecule has 0 N–H and O–H groups in total. The maximum absolute atomic E-state index is 11.4. The van der Waals surface area contributed by atoms with Crippen molar-refractivity contribution in [3.8, 4) is 0 Å². The van der Waals surface area contributed by atoms with Gasteiger partial charge in [0.15, 0.2) is 5.79 Å². The molecule has 84 valence electrons. The highest BCUT2D eigenvalue weighted by atomic mass is 16.7. The van der Waals surface area contributed by atoms with Gasteiger partial charge in [-0.25, -0.2) is 4.79 Å². The molecular formula is C11H16O4. The molecule has 1 heterocycles. The average Bonchev–Trinajstić information content (AvgIpc) is 2.53. The van der Waals surface area contributed by atoms with Gasteiger partial charge >= 0.3 is 5.97 Å². The second-order valence-corrected chi connectivity index (χ2v) is 4.25. The molecule has 0 saturated carbocycles. The van der Waals surface area contributed by atoms with Crippen molar-refractivity contribution in [2.75, 3.05) is 7.11 Å². The van der Waals surface area contributed by atoms with Gasteiger partial charge in [-0.3, -0.25) is 0 Å². The van der Waals surface area contributed by atoms with Crippen LogP contribution in [0.4, 0.5) is 0 Å². The number of ether oxygens (including phenoxy) is 3. The molecule has 2 aliphatic rings. The molecule has 1 aliphatic carbocycles. The molecule has 4 heteroatoms. The number of carbonyl (C=O) groups is 1. The van der Waals surface area contributed by atoms with Crippen LogP contribution in [-0.2, 0) is 19.0 Å². The van der Waals surface area contributed by atoms with Crippen LogP contribution in [-0.4, -0.2) is 31.1 Å². The first-order valence-corrected chi connectivity index (χ1v) is 5.08. The quantitative estimate of drug-likeness (QED) is 0.618. The maximum atomic E-state index is 11.4. The lowest BCUT2D eigenvalue weighted by Crippen LogP contribution is -2.26. The standard InChI is InChI=1S/C11H16O4/c1-11(2)14-8-5-4-7(10(12)13-3)6-9(8)15-11/h6,8-9H,4-5H2,1-3H3/t8-,9+/m0/s1/i6D. The van der Waals surface area contributed by atoms with Gasteiger partial charge in [-0.2, -0.15) is 0 Å². The minimum absolute atomic E-state index is 0.115. The molecule has 2 rings (SSSR count). The zero-order valence-electron chi connectivity index (χ0n) is 10.2. The van der Waals surface area contributed by atoms with E-state index >= 15 is 0 Å². The number of esters is 1. The van der Waals surface area contributed by atoms with E-state index in [4.69, 9.17) is 10.8 Å². The minimum atomic E-state index is -0.673. The number of hydrogen-bond donors (Lipinski definition) is 0. The molecular weight excluding hydrogens is 196 g/mol. The minimum Gasteiger partial charge on any atom is -0.466 e. The van der Waals surface area contributed by atoms with Crippen molar-refractivity contribution >= 4 is 5.97 Å². The molecule has 1 aliphatic heterocycles. The molecule has 2 atom stereocenters. The molecule has 15 heavy (non-hydrogen) atoms. The number of rotatable bonds is 1. The number of hydrogen-bond acceptors (Lipinski definition) is 4. The van der Waals surface area contributed by atoms with Crippen LogP contribution in [0.5, 0.6) is 0 Å². The molecule has 0 bridgehead atoms. The Morgan fingerprint density at radius 1 is 1.67 bits per heavy atom. The summed E-state index contributed by atoms with van der Waals surface area (Å²) >= 11 is 0. The van der Waals surface area contributed by atoms with Crippen molar-refractivity contribution in [3.63, 3.8) is 0 Å². The summed E-state index contributed by atoms with van der Waals surface area (Å²) in [6.45, 7) is 3.63. The van der Waals surface area contributed by atoms with E-state index in [2.05, 4.69) is 4.74 Å². The number of methoxy groups -OCH3 is 1. The second-order valence-electron chi connectivity index (χ2n) is 4.25. The summed E-state index contributed by atoms with van der Waals surface area (Å²) in [5, 5.41) is 0. The van der Waals surface area contributed by atoms with Gasteiger partial charge in [-0.05, 0) is 32.7 Å².